The summed E-state index contributed by atoms with van der Waals surface area (Å²) < 4.78 is 16.7. The van der Waals surface area contributed by atoms with E-state index in [4.69, 9.17) is 28.8 Å². The lowest BCUT2D eigenvalue weighted by molar-refractivity contribution is 0.457. The highest BCUT2D eigenvalue weighted by atomic mass is 35.5. The Hall–Kier alpha value is -3.38. The van der Waals surface area contributed by atoms with Crippen molar-refractivity contribution in [3.63, 3.8) is 0 Å². The van der Waals surface area contributed by atoms with Gasteiger partial charge >= 0.3 is 5.69 Å². The molecule has 9 nitrogen and oxygen atoms in total. The number of nitrogens with two attached hydrogens (primary N) is 3. The number of nitrogens with one attached hydrogen (secondary N) is 2. The highest BCUT2D eigenvalue weighted by Crippen LogP contribution is 2.34. The lowest BCUT2D eigenvalue weighted by Gasteiger charge is -2.31. The second-order valence-corrected chi connectivity index (χ2v) is 13.3. The van der Waals surface area contributed by atoms with Gasteiger partial charge in [-0.25, -0.2) is 9.18 Å². The van der Waals surface area contributed by atoms with E-state index in [1.54, 1.807) is 18.3 Å². The van der Waals surface area contributed by atoms with Crippen LogP contribution >= 0.6 is 23.4 Å². The number of hydrogen-bond donors (Lipinski definition) is 5. The number of aromatic amines is 1. The zero-order chi connectivity index (χ0) is 30.8. The number of rotatable bonds is 11. The predicted octanol–water partition coefficient (Wildman–Crippen LogP) is 4.64. The molecule has 44 heavy (non-hydrogen) atoms. The smallest absolute Gasteiger partial charge is 0.354 e. The molecule has 232 valence electrons. The molecule has 4 aromatic rings. The minimum atomic E-state index is -0.504. The van der Waals surface area contributed by atoms with Crippen LogP contribution in [-0.4, -0.2) is 50.6 Å². The van der Waals surface area contributed by atoms with Crippen molar-refractivity contribution >= 4 is 40.4 Å². The number of thioether (sulfide) groups is 1. The highest BCUT2D eigenvalue weighted by molar-refractivity contribution is 7.99. The van der Waals surface area contributed by atoms with Gasteiger partial charge in [-0.05, 0) is 85.9 Å². The van der Waals surface area contributed by atoms with Gasteiger partial charge in [-0.1, -0.05) is 23.7 Å². The molecule has 12 heteroatoms. The standard InChI is InChI=1S/C32H38ClFN8OS/c33-25-13-18(2-1-3-26(35)19-4-5-19)12-24(29(25)34)27-14-21-15-42(32(43)41-30(21)40-27)23-8-6-20(7-9-23)28-17-44-16-22(39-28)10-11-38-31(36)37/h6-9,12-15,19,22,26,28,39H,1-5,10-11,16-17,35H2,(H4,36,37,38)(H,40,41,43)/t22-,26?,28+/m1/s1. The normalized spacial score (nSPS) is 19.2. The van der Waals surface area contributed by atoms with Gasteiger partial charge < -0.3 is 27.5 Å². The maximum atomic E-state index is 15.2. The number of benzene rings is 2. The molecule has 0 spiro atoms. The van der Waals surface area contributed by atoms with Crippen molar-refractivity contribution in [3.8, 4) is 16.9 Å². The van der Waals surface area contributed by atoms with E-state index < -0.39 is 11.5 Å². The third kappa shape index (κ3) is 7.12. The van der Waals surface area contributed by atoms with E-state index in [2.05, 4.69) is 20.3 Å². The summed E-state index contributed by atoms with van der Waals surface area (Å²) in [6.45, 7) is 0.589. The number of hydrogen-bond acceptors (Lipinski definition) is 6. The number of halogens is 2. The molecule has 1 aliphatic carbocycles. The second kappa shape index (κ2) is 13.3. The van der Waals surface area contributed by atoms with E-state index in [9.17, 15) is 4.79 Å². The van der Waals surface area contributed by atoms with Gasteiger partial charge in [0, 0.05) is 53.3 Å². The minimum Gasteiger partial charge on any atom is -0.370 e. The molecule has 1 unspecified atom stereocenters. The van der Waals surface area contributed by atoms with Gasteiger partial charge in [-0.15, -0.1) is 0 Å². The summed E-state index contributed by atoms with van der Waals surface area (Å²) in [5.74, 6) is 2.22. The van der Waals surface area contributed by atoms with E-state index in [-0.39, 0.29) is 23.1 Å². The van der Waals surface area contributed by atoms with Crippen molar-refractivity contribution in [1.29, 1.82) is 0 Å². The Kier molecular flexibility index (Phi) is 9.27. The maximum absolute atomic E-state index is 15.2. The summed E-state index contributed by atoms with van der Waals surface area (Å²) in [5, 5.41) is 4.45. The fourth-order valence-electron chi connectivity index (χ4n) is 5.90. The van der Waals surface area contributed by atoms with E-state index >= 15 is 4.39 Å². The molecule has 1 saturated carbocycles. The Bertz CT molecular complexity index is 1710. The van der Waals surface area contributed by atoms with Crippen LogP contribution in [0.4, 0.5) is 4.39 Å². The minimum absolute atomic E-state index is 0.0706. The van der Waals surface area contributed by atoms with Gasteiger partial charge in [0.1, 0.15) is 5.65 Å². The monoisotopic (exact) mass is 636 g/mol. The van der Waals surface area contributed by atoms with Crippen LogP contribution in [0.1, 0.15) is 49.3 Å². The molecular formula is C32H38ClFN8OS. The van der Waals surface area contributed by atoms with Gasteiger partial charge in [0.15, 0.2) is 11.8 Å². The van der Waals surface area contributed by atoms with Crippen molar-refractivity contribution in [2.24, 2.45) is 28.1 Å². The summed E-state index contributed by atoms with van der Waals surface area (Å²) in [6.07, 6.45) is 7.66. The van der Waals surface area contributed by atoms with Crippen molar-refractivity contribution < 1.29 is 4.39 Å². The lowest BCUT2D eigenvalue weighted by atomic mass is 10.00. The zero-order valence-electron chi connectivity index (χ0n) is 24.4. The molecule has 0 amide bonds. The van der Waals surface area contributed by atoms with Crippen LogP contribution in [0, 0.1) is 11.7 Å². The molecule has 2 aromatic heterocycles. The fraction of sp³-hybridized carbons (Fsp3) is 0.406. The van der Waals surface area contributed by atoms with Crippen LogP contribution in [0.5, 0.6) is 0 Å². The quantitative estimate of drug-likeness (QED) is 0.119. The largest absolute Gasteiger partial charge is 0.370 e. The molecule has 3 heterocycles. The predicted molar refractivity (Wildman–Crippen MR) is 178 cm³/mol. The van der Waals surface area contributed by atoms with Crippen molar-refractivity contribution in [3.05, 3.63) is 81.1 Å². The first-order chi connectivity index (χ1) is 21.2. The van der Waals surface area contributed by atoms with Crippen LogP contribution in [0.25, 0.3) is 28.0 Å². The number of nitrogens with zero attached hydrogens (tertiary/aromatic N) is 3. The lowest BCUT2D eigenvalue weighted by Crippen LogP contribution is -2.40. The maximum Gasteiger partial charge on any atom is 0.354 e. The summed E-state index contributed by atoms with van der Waals surface area (Å²) >= 11 is 8.21. The Morgan fingerprint density at radius 1 is 1.18 bits per heavy atom. The summed E-state index contributed by atoms with van der Waals surface area (Å²) in [6, 6.07) is 14.0. The average Bonchev–Trinajstić information content (AvgIpc) is 3.78. The van der Waals surface area contributed by atoms with Crippen LogP contribution < -0.4 is 28.2 Å². The van der Waals surface area contributed by atoms with E-state index in [0.717, 1.165) is 48.3 Å². The first-order valence-electron chi connectivity index (χ1n) is 15.1. The first-order valence-corrected chi connectivity index (χ1v) is 16.6. The molecule has 1 aliphatic heterocycles. The molecule has 3 atom stereocenters. The number of aromatic nitrogens is 3. The summed E-state index contributed by atoms with van der Waals surface area (Å²) in [5.41, 5.74) is 20.8. The van der Waals surface area contributed by atoms with Crippen LogP contribution in [0.2, 0.25) is 5.02 Å². The van der Waals surface area contributed by atoms with Gasteiger partial charge in [-0.2, -0.15) is 16.7 Å². The number of fused-ring (bicyclic) bond motifs is 1. The van der Waals surface area contributed by atoms with E-state index in [1.165, 1.54) is 17.4 Å². The first kappa shape index (κ1) is 30.6. The Morgan fingerprint density at radius 2 is 1.98 bits per heavy atom. The Labute approximate surface area is 264 Å². The topological polar surface area (TPSA) is 153 Å². The fourth-order valence-corrected chi connectivity index (χ4v) is 7.35. The van der Waals surface area contributed by atoms with Crippen molar-refractivity contribution in [1.82, 2.24) is 19.9 Å². The van der Waals surface area contributed by atoms with Crippen molar-refractivity contribution in [2.75, 3.05) is 18.1 Å². The SMILES string of the molecule is NC(N)=NCC[C@@H]1CSC[C@@H](c2ccc(-n3cc4cc(-c5cc(CCCC(N)C6CC6)cc(Cl)c5F)[nH]c4nc3=O)cc2)N1. The van der Waals surface area contributed by atoms with E-state index in [1.807, 2.05) is 42.1 Å². The molecule has 2 aliphatic rings. The number of H-pyrrole nitrogens is 1. The molecule has 2 aromatic carbocycles. The third-order valence-electron chi connectivity index (χ3n) is 8.50. The summed E-state index contributed by atoms with van der Waals surface area (Å²) in [4.78, 5) is 24.5. The van der Waals surface area contributed by atoms with Gasteiger partial charge in [0.05, 0.1) is 16.4 Å². The highest BCUT2D eigenvalue weighted by Gasteiger charge is 2.28. The molecule has 1 saturated heterocycles. The van der Waals surface area contributed by atoms with Gasteiger partial charge in [0.2, 0.25) is 0 Å². The molecule has 8 N–H and O–H groups in total. The Morgan fingerprint density at radius 3 is 2.73 bits per heavy atom. The third-order valence-corrected chi connectivity index (χ3v) is 9.98. The molecule has 2 fully saturated rings. The zero-order valence-corrected chi connectivity index (χ0v) is 26.0. The number of guanidine groups is 1. The molecular weight excluding hydrogens is 599 g/mol. The molecule has 0 radical (unpaired) electrons. The molecule has 6 rings (SSSR count). The number of aryl methyl sites for hydroxylation is 1. The average molecular weight is 637 g/mol. The summed E-state index contributed by atoms with van der Waals surface area (Å²) in [7, 11) is 0. The van der Waals surface area contributed by atoms with Gasteiger partial charge in [-0.3, -0.25) is 9.56 Å². The van der Waals surface area contributed by atoms with Crippen LogP contribution in [-0.2, 0) is 6.42 Å². The van der Waals surface area contributed by atoms with Crippen LogP contribution in [0.3, 0.4) is 0 Å². The Balaban J connectivity index is 1.18. The van der Waals surface area contributed by atoms with Crippen LogP contribution in [0.15, 0.2) is 58.4 Å². The van der Waals surface area contributed by atoms with Crippen molar-refractivity contribution in [2.45, 2.75) is 56.7 Å². The number of aliphatic imine (C=N–C) groups is 1. The van der Waals surface area contributed by atoms with Gasteiger partial charge in [0.25, 0.3) is 0 Å². The van der Waals surface area contributed by atoms with E-state index in [0.29, 0.717) is 46.5 Å². The molecule has 0 bridgehead atoms. The second-order valence-electron chi connectivity index (χ2n) is 11.9.